The van der Waals surface area contributed by atoms with Crippen LogP contribution in [0.5, 0.6) is 0 Å². The smallest absolute Gasteiger partial charge is 0.0386 e. The van der Waals surface area contributed by atoms with Gasteiger partial charge in [-0.1, -0.05) is 34.1 Å². The van der Waals surface area contributed by atoms with Crippen LogP contribution in [0.4, 0.5) is 0 Å². The highest BCUT2D eigenvalue weighted by Crippen LogP contribution is 2.36. The number of hydrogen-bond acceptors (Lipinski definition) is 1. The van der Waals surface area contributed by atoms with Crippen LogP contribution >= 0.6 is 27.3 Å². The standard InChI is InChI=1S/C12H11BrS/c1-8-7-9(2)14-12(8)10-5-3-4-6-11(10)13/h3-7H,1-2H3. The second kappa shape index (κ2) is 3.87. The summed E-state index contributed by atoms with van der Waals surface area (Å²) in [5.41, 5.74) is 2.66. The maximum atomic E-state index is 3.58. The normalized spacial score (nSPS) is 10.5. The molecule has 0 aliphatic heterocycles. The molecule has 0 saturated heterocycles. The van der Waals surface area contributed by atoms with Crippen LogP contribution in [0.2, 0.25) is 0 Å². The van der Waals surface area contributed by atoms with Gasteiger partial charge >= 0.3 is 0 Å². The maximum Gasteiger partial charge on any atom is 0.0386 e. The van der Waals surface area contributed by atoms with Crippen molar-refractivity contribution in [3.8, 4) is 10.4 Å². The van der Waals surface area contributed by atoms with Crippen LogP contribution in [0, 0.1) is 13.8 Å². The summed E-state index contributed by atoms with van der Waals surface area (Å²) in [6, 6.07) is 10.6. The molecule has 2 heteroatoms. The first kappa shape index (κ1) is 9.94. The van der Waals surface area contributed by atoms with Crippen LogP contribution < -0.4 is 0 Å². The second-order valence-electron chi connectivity index (χ2n) is 3.35. The topological polar surface area (TPSA) is 0 Å². The molecule has 0 aliphatic rings. The average molecular weight is 267 g/mol. The van der Waals surface area contributed by atoms with E-state index >= 15 is 0 Å². The maximum absolute atomic E-state index is 3.58. The highest BCUT2D eigenvalue weighted by molar-refractivity contribution is 9.10. The minimum atomic E-state index is 1.17. The van der Waals surface area contributed by atoms with Gasteiger partial charge < -0.3 is 0 Å². The SMILES string of the molecule is Cc1cc(C)c(-c2ccccc2Br)s1. The van der Waals surface area contributed by atoms with Gasteiger partial charge in [0.15, 0.2) is 0 Å². The molecule has 0 saturated carbocycles. The van der Waals surface area contributed by atoms with Gasteiger partial charge in [0, 0.05) is 19.8 Å². The summed E-state index contributed by atoms with van der Waals surface area (Å²) in [6.45, 7) is 4.32. The molecule has 14 heavy (non-hydrogen) atoms. The molecule has 1 aromatic heterocycles. The number of hydrogen-bond donors (Lipinski definition) is 0. The van der Waals surface area contributed by atoms with Gasteiger partial charge in [0.1, 0.15) is 0 Å². The first-order valence-corrected chi connectivity index (χ1v) is 6.11. The predicted octanol–water partition coefficient (Wildman–Crippen LogP) is 4.79. The molecule has 0 fully saturated rings. The van der Waals surface area contributed by atoms with E-state index in [1.165, 1.54) is 25.4 Å². The first-order chi connectivity index (χ1) is 6.68. The van der Waals surface area contributed by atoms with Crippen molar-refractivity contribution in [1.82, 2.24) is 0 Å². The minimum absolute atomic E-state index is 1.17. The van der Waals surface area contributed by atoms with Crippen molar-refractivity contribution in [2.45, 2.75) is 13.8 Å². The fourth-order valence-electron chi connectivity index (χ4n) is 1.55. The van der Waals surface area contributed by atoms with E-state index in [0.29, 0.717) is 0 Å². The van der Waals surface area contributed by atoms with Gasteiger partial charge in [-0.2, -0.15) is 0 Å². The van der Waals surface area contributed by atoms with Crippen molar-refractivity contribution in [3.63, 3.8) is 0 Å². The van der Waals surface area contributed by atoms with E-state index in [2.05, 4.69) is 54.0 Å². The van der Waals surface area contributed by atoms with Gasteiger partial charge in [-0.05, 0) is 31.5 Å². The summed E-state index contributed by atoms with van der Waals surface area (Å²) in [5, 5.41) is 0. The third kappa shape index (κ3) is 1.77. The summed E-state index contributed by atoms with van der Waals surface area (Å²) >= 11 is 5.43. The summed E-state index contributed by atoms with van der Waals surface area (Å²) < 4.78 is 1.17. The van der Waals surface area contributed by atoms with Crippen molar-refractivity contribution >= 4 is 27.3 Å². The molecule has 1 heterocycles. The van der Waals surface area contributed by atoms with E-state index in [4.69, 9.17) is 0 Å². The Morgan fingerprint density at radius 2 is 1.86 bits per heavy atom. The highest BCUT2D eigenvalue weighted by Gasteiger charge is 2.07. The molecule has 72 valence electrons. The van der Waals surface area contributed by atoms with Crippen molar-refractivity contribution in [2.24, 2.45) is 0 Å². The lowest BCUT2D eigenvalue weighted by molar-refractivity contribution is 1.49. The number of benzene rings is 1. The lowest BCUT2D eigenvalue weighted by Gasteiger charge is -2.02. The lowest BCUT2D eigenvalue weighted by Crippen LogP contribution is -1.76. The van der Waals surface area contributed by atoms with Crippen molar-refractivity contribution in [3.05, 3.63) is 45.2 Å². The zero-order valence-corrected chi connectivity index (χ0v) is 10.6. The average Bonchev–Trinajstić information content (AvgIpc) is 2.46. The second-order valence-corrected chi connectivity index (χ2v) is 5.46. The van der Waals surface area contributed by atoms with E-state index in [1.807, 2.05) is 17.4 Å². The molecular formula is C12H11BrS. The van der Waals surface area contributed by atoms with Gasteiger partial charge in [-0.25, -0.2) is 0 Å². The molecule has 0 N–H and O–H groups in total. The number of halogens is 1. The Morgan fingerprint density at radius 1 is 1.14 bits per heavy atom. The molecule has 0 amide bonds. The third-order valence-electron chi connectivity index (χ3n) is 2.16. The minimum Gasteiger partial charge on any atom is -0.140 e. The fraction of sp³-hybridized carbons (Fsp3) is 0.167. The molecule has 0 bridgehead atoms. The Morgan fingerprint density at radius 3 is 2.43 bits per heavy atom. The molecule has 0 aliphatic carbocycles. The predicted molar refractivity (Wildman–Crippen MR) is 66.9 cm³/mol. The number of aryl methyl sites for hydroxylation is 2. The zero-order chi connectivity index (χ0) is 10.1. The van der Waals surface area contributed by atoms with E-state index in [9.17, 15) is 0 Å². The Kier molecular flexibility index (Phi) is 2.75. The molecule has 2 rings (SSSR count). The summed E-state index contributed by atoms with van der Waals surface area (Å²) in [5.74, 6) is 0. The van der Waals surface area contributed by atoms with Gasteiger partial charge in [0.2, 0.25) is 0 Å². The van der Waals surface area contributed by atoms with Gasteiger partial charge in [-0.3, -0.25) is 0 Å². The molecular weight excluding hydrogens is 256 g/mol. The molecule has 1 aromatic carbocycles. The van der Waals surface area contributed by atoms with E-state index in [-0.39, 0.29) is 0 Å². The number of thiophene rings is 1. The van der Waals surface area contributed by atoms with Crippen LogP contribution in [0.1, 0.15) is 10.4 Å². The van der Waals surface area contributed by atoms with Gasteiger partial charge in [0.05, 0.1) is 0 Å². The monoisotopic (exact) mass is 266 g/mol. The van der Waals surface area contributed by atoms with Crippen molar-refractivity contribution < 1.29 is 0 Å². The Hall–Kier alpha value is -0.600. The molecule has 0 radical (unpaired) electrons. The molecule has 0 nitrogen and oxygen atoms in total. The zero-order valence-electron chi connectivity index (χ0n) is 8.17. The summed E-state index contributed by atoms with van der Waals surface area (Å²) in [7, 11) is 0. The third-order valence-corrected chi connectivity index (χ3v) is 4.04. The van der Waals surface area contributed by atoms with Crippen LogP contribution in [0.25, 0.3) is 10.4 Å². The first-order valence-electron chi connectivity index (χ1n) is 4.50. The van der Waals surface area contributed by atoms with E-state index in [0.717, 1.165) is 0 Å². The highest BCUT2D eigenvalue weighted by atomic mass is 79.9. The Labute approximate surface area is 96.7 Å². The largest absolute Gasteiger partial charge is 0.140 e. The Balaban J connectivity index is 2.60. The van der Waals surface area contributed by atoms with E-state index in [1.54, 1.807) is 0 Å². The molecule has 0 atom stereocenters. The lowest BCUT2D eigenvalue weighted by atomic mass is 10.1. The van der Waals surface area contributed by atoms with Crippen molar-refractivity contribution in [1.29, 1.82) is 0 Å². The van der Waals surface area contributed by atoms with Crippen LogP contribution in [-0.4, -0.2) is 0 Å². The van der Waals surface area contributed by atoms with Gasteiger partial charge in [0.25, 0.3) is 0 Å². The Bertz CT molecular complexity index is 457. The van der Waals surface area contributed by atoms with Crippen LogP contribution in [0.15, 0.2) is 34.8 Å². The quantitative estimate of drug-likeness (QED) is 0.696. The van der Waals surface area contributed by atoms with Crippen LogP contribution in [-0.2, 0) is 0 Å². The van der Waals surface area contributed by atoms with Crippen molar-refractivity contribution in [2.75, 3.05) is 0 Å². The number of rotatable bonds is 1. The molecule has 0 unspecified atom stereocenters. The summed E-state index contributed by atoms with van der Waals surface area (Å²) in [4.78, 5) is 2.74. The molecule has 2 aromatic rings. The fourth-order valence-corrected chi connectivity index (χ4v) is 3.23. The van der Waals surface area contributed by atoms with E-state index < -0.39 is 0 Å². The molecule has 0 spiro atoms. The van der Waals surface area contributed by atoms with Crippen LogP contribution in [0.3, 0.4) is 0 Å². The summed E-state index contributed by atoms with van der Waals surface area (Å²) in [6.07, 6.45) is 0. The van der Waals surface area contributed by atoms with Gasteiger partial charge in [-0.15, -0.1) is 11.3 Å².